The van der Waals surface area contributed by atoms with Gasteiger partial charge in [-0.1, -0.05) is 53.7 Å². The van der Waals surface area contributed by atoms with E-state index in [0.717, 1.165) is 38.5 Å². The van der Waals surface area contributed by atoms with Crippen molar-refractivity contribution in [2.45, 2.75) is 10.9 Å². The number of aromatic nitrogens is 3. The van der Waals surface area contributed by atoms with Crippen LogP contribution in [0.4, 0.5) is 0 Å². The van der Waals surface area contributed by atoms with Crippen LogP contribution in [0.5, 0.6) is 0 Å². The molecule has 6 heteroatoms. The van der Waals surface area contributed by atoms with E-state index < -0.39 is 0 Å². The Labute approximate surface area is 148 Å². The molecule has 0 saturated carbocycles. The summed E-state index contributed by atoms with van der Waals surface area (Å²) in [6.45, 7) is 0. The van der Waals surface area contributed by atoms with Gasteiger partial charge in [-0.2, -0.15) is 0 Å². The van der Waals surface area contributed by atoms with Gasteiger partial charge in [-0.25, -0.2) is 0 Å². The summed E-state index contributed by atoms with van der Waals surface area (Å²) in [4.78, 5) is 0. The molecule has 2 heterocycles. The number of rotatable bonds is 4. The van der Waals surface area contributed by atoms with Gasteiger partial charge in [0.25, 0.3) is 0 Å². The van der Waals surface area contributed by atoms with Crippen LogP contribution in [-0.4, -0.2) is 14.8 Å². The minimum atomic E-state index is 0.726. The van der Waals surface area contributed by atoms with E-state index in [1.54, 1.807) is 11.8 Å². The van der Waals surface area contributed by atoms with Crippen molar-refractivity contribution in [3.8, 4) is 11.6 Å². The average molecular weight is 356 g/mol. The molecule has 0 aliphatic rings. The van der Waals surface area contributed by atoms with Gasteiger partial charge in [-0.3, -0.25) is 0 Å². The molecule has 0 spiro atoms. The Hall–Kier alpha value is -2.24. The van der Waals surface area contributed by atoms with Gasteiger partial charge in [-0.05, 0) is 29.8 Å². The van der Waals surface area contributed by atoms with E-state index in [2.05, 4.69) is 10.2 Å². The van der Waals surface area contributed by atoms with E-state index in [1.807, 2.05) is 66.2 Å². The molecule has 0 aliphatic carbocycles. The smallest absolute Gasteiger partial charge is 0.200 e. The number of furan rings is 1. The number of benzene rings is 2. The maximum atomic E-state index is 5.92. The van der Waals surface area contributed by atoms with E-state index in [-0.39, 0.29) is 0 Å². The van der Waals surface area contributed by atoms with Crippen molar-refractivity contribution in [1.29, 1.82) is 0 Å². The number of hydrogen-bond donors (Lipinski definition) is 0. The predicted molar refractivity (Wildman–Crippen MR) is 97.2 cm³/mol. The lowest BCUT2D eigenvalue weighted by Crippen LogP contribution is -1.94. The van der Waals surface area contributed by atoms with Crippen molar-refractivity contribution in [1.82, 2.24) is 14.8 Å². The molecule has 4 nitrogen and oxygen atoms in total. The molecule has 0 saturated heterocycles. The Kier molecular flexibility index (Phi) is 4.04. The number of para-hydroxylation sites is 1. The third-order valence-corrected chi connectivity index (χ3v) is 5.11. The number of fused-ring (bicyclic) bond motifs is 1. The zero-order valence-electron chi connectivity index (χ0n) is 12.9. The quantitative estimate of drug-likeness (QED) is 0.473. The van der Waals surface area contributed by atoms with E-state index in [9.17, 15) is 0 Å². The summed E-state index contributed by atoms with van der Waals surface area (Å²) < 4.78 is 7.83. The SMILES string of the molecule is Cn1c(SCc2ccc(Cl)cc2)nnc1-c1cc2ccccc2o1. The standard InChI is InChI=1S/C18H14ClN3OS/c1-22-17(16-10-13-4-2-3-5-15(13)23-16)20-21-18(22)24-11-12-6-8-14(19)9-7-12/h2-10H,11H2,1H3. The summed E-state index contributed by atoms with van der Waals surface area (Å²) in [6.07, 6.45) is 0. The highest BCUT2D eigenvalue weighted by atomic mass is 35.5. The normalized spacial score (nSPS) is 11.2. The Morgan fingerprint density at radius 3 is 2.67 bits per heavy atom. The Morgan fingerprint density at radius 2 is 1.88 bits per heavy atom. The van der Waals surface area contributed by atoms with E-state index in [0.29, 0.717) is 0 Å². The summed E-state index contributed by atoms with van der Waals surface area (Å²) in [6, 6.07) is 17.7. The lowest BCUT2D eigenvalue weighted by atomic mass is 10.2. The molecule has 0 N–H and O–H groups in total. The molecule has 0 unspecified atom stereocenters. The van der Waals surface area contributed by atoms with Crippen LogP contribution in [0.1, 0.15) is 5.56 Å². The molecule has 0 amide bonds. The highest BCUT2D eigenvalue weighted by molar-refractivity contribution is 7.98. The molecule has 0 bridgehead atoms. The molecule has 2 aromatic carbocycles. The van der Waals surface area contributed by atoms with Crippen LogP contribution in [0.2, 0.25) is 5.02 Å². The minimum absolute atomic E-state index is 0.726. The van der Waals surface area contributed by atoms with Crippen molar-refractivity contribution in [3.05, 3.63) is 65.2 Å². The topological polar surface area (TPSA) is 43.9 Å². The second-order valence-corrected chi connectivity index (χ2v) is 6.81. The minimum Gasteiger partial charge on any atom is -0.453 e. The fourth-order valence-corrected chi connectivity index (χ4v) is 3.47. The van der Waals surface area contributed by atoms with Crippen LogP contribution in [0.15, 0.2) is 64.2 Å². The average Bonchev–Trinajstić information content (AvgIpc) is 3.17. The summed E-state index contributed by atoms with van der Waals surface area (Å²) in [5.41, 5.74) is 2.04. The first-order valence-electron chi connectivity index (χ1n) is 7.46. The molecule has 4 rings (SSSR count). The Morgan fingerprint density at radius 1 is 1.08 bits per heavy atom. The van der Waals surface area contributed by atoms with Gasteiger partial charge in [0, 0.05) is 23.2 Å². The number of nitrogens with zero attached hydrogens (tertiary/aromatic N) is 3. The molecule has 0 aliphatic heterocycles. The third-order valence-electron chi connectivity index (χ3n) is 3.76. The van der Waals surface area contributed by atoms with Gasteiger partial charge in [0.1, 0.15) is 5.58 Å². The second kappa shape index (κ2) is 6.34. The highest BCUT2D eigenvalue weighted by Gasteiger charge is 2.15. The highest BCUT2D eigenvalue weighted by Crippen LogP contribution is 2.29. The molecule has 120 valence electrons. The first-order chi connectivity index (χ1) is 11.7. The van der Waals surface area contributed by atoms with Crippen LogP contribution >= 0.6 is 23.4 Å². The fourth-order valence-electron chi connectivity index (χ4n) is 2.48. The van der Waals surface area contributed by atoms with Crippen molar-refractivity contribution in [2.75, 3.05) is 0 Å². The first-order valence-corrected chi connectivity index (χ1v) is 8.82. The van der Waals surface area contributed by atoms with Crippen LogP contribution in [0, 0.1) is 0 Å². The molecule has 0 atom stereocenters. The first kappa shape index (κ1) is 15.3. The van der Waals surface area contributed by atoms with Crippen molar-refractivity contribution >= 4 is 34.3 Å². The Balaban J connectivity index is 1.57. The number of halogens is 1. The summed E-state index contributed by atoms with van der Waals surface area (Å²) in [5.74, 6) is 2.26. The molecule has 2 aromatic heterocycles. The maximum Gasteiger partial charge on any atom is 0.200 e. The zero-order chi connectivity index (χ0) is 16.5. The molecule has 0 radical (unpaired) electrons. The van der Waals surface area contributed by atoms with Gasteiger partial charge >= 0.3 is 0 Å². The van der Waals surface area contributed by atoms with Crippen LogP contribution in [-0.2, 0) is 12.8 Å². The molecular formula is C18H14ClN3OS. The molecule has 4 aromatic rings. The fraction of sp³-hybridized carbons (Fsp3) is 0.111. The van der Waals surface area contributed by atoms with Crippen molar-refractivity contribution < 1.29 is 4.42 Å². The molecular weight excluding hydrogens is 342 g/mol. The molecule has 24 heavy (non-hydrogen) atoms. The zero-order valence-corrected chi connectivity index (χ0v) is 14.5. The van der Waals surface area contributed by atoms with Gasteiger partial charge < -0.3 is 8.98 Å². The van der Waals surface area contributed by atoms with Gasteiger partial charge in [-0.15, -0.1) is 10.2 Å². The van der Waals surface area contributed by atoms with E-state index >= 15 is 0 Å². The van der Waals surface area contributed by atoms with Crippen molar-refractivity contribution in [3.63, 3.8) is 0 Å². The van der Waals surface area contributed by atoms with Gasteiger partial charge in [0.15, 0.2) is 16.7 Å². The monoisotopic (exact) mass is 355 g/mol. The summed E-state index contributed by atoms with van der Waals surface area (Å²) >= 11 is 7.55. The lowest BCUT2D eigenvalue weighted by Gasteiger charge is -2.02. The van der Waals surface area contributed by atoms with E-state index in [1.165, 1.54) is 5.56 Å². The third kappa shape index (κ3) is 2.92. The maximum absolute atomic E-state index is 5.92. The van der Waals surface area contributed by atoms with Gasteiger partial charge in [0.05, 0.1) is 0 Å². The number of thioether (sulfide) groups is 1. The van der Waals surface area contributed by atoms with Crippen LogP contribution in [0.3, 0.4) is 0 Å². The number of hydrogen-bond acceptors (Lipinski definition) is 4. The second-order valence-electron chi connectivity index (χ2n) is 5.43. The predicted octanol–water partition coefficient (Wildman–Crippen LogP) is 5.17. The van der Waals surface area contributed by atoms with Crippen molar-refractivity contribution in [2.24, 2.45) is 7.05 Å². The van der Waals surface area contributed by atoms with E-state index in [4.69, 9.17) is 16.0 Å². The van der Waals surface area contributed by atoms with Crippen LogP contribution < -0.4 is 0 Å². The summed E-state index contributed by atoms with van der Waals surface area (Å²) in [5, 5.41) is 11.2. The van der Waals surface area contributed by atoms with Crippen LogP contribution in [0.25, 0.3) is 22.6 Å². The largest absolute Gasteiger partial charge is 0.453 e. The molecule has 0 fully saturated rings. The summed E-state index contributed by atoms with van der Waals surface area (Å²) in [7, 11) is 1.95. The van der Waals surface area contributed by atoms with Gasteiger partial charge in [0.2, 0.25) is 0 Å². The Bertz CT molecular complexity index is 958. The lowest BCUT2D eigenvalue weighted by molar-refractivity contribution is 0.618.